The van der Waals surface area contributed by atoms with Gasteiger partial charge in [-0.2, -0.15) is 4.99 Å². The quantitative estimate of drug-likeness (QED) is 0.195. The molecule has 2 aliphatic heterocycles. The zero-order valence-electron chi connectivity index (χ0n) is 25.8. The van der Waals surface area contributed by atoms with Crippen LogP contribution < -0.4 is 10.1 Å². The second-order valence-corrected chi connectivity index (χ2v) is 11.8. The van der Waals surface area contributed by atoms with Gasteiger partial charge in [-0.3, -0.25) is 14.9 Å². The topological polar surface area (TPSA) is 103 Å². The summed E-state index contributed by atoms with van der Waals surface area (Å²) >= 11 is 0. The maximum atomic E-state index is 14.9. The zero-order chi connectivity index (χ0) is 32.1. The molecule has 2 heterocycles. The number of carbonyl (C=O) groups excluding carboxylic acids is 3. The average molecular weight is 613 g/mol. The predicted octanol–water partition coefficient (Wildman–Crippen LogP) is 7.02. The minimum Gasteiger partial charge on any atom is -0.457 e. The van der Waals surface area contributed by atoms with E-state index in [-0.39, 0.29) is 11.9 Å². The molecule has 4 atom stereocenters. The molecule has 0 saturated heterocycles. The summed E-state index contributed by atoms with van der Waals surface area (Å²) in [5.74, 6) is -2.30. The first-order valence-electron chi connectivity index (χ1n) is 15.2. The third kappa shape index (κ3) is 7.66. The Morgan fingerprint density at radius 1 is 0.978 bits per heavy atom. The van der Waals surface area contributed by atoms with Gasteiger partial charge in [-0.05, 0) is 73.1 Å². The van der Waals surface area contributed by atoms with E-state index in [1.807, 2.05) is 30.3 Å². The van der Waals surface area contributed by atoms with Crippen LogP contribution in [0.3, 0.4) is 0 Å². The van der Waals surface area contributed by atoms with E-state index in [0.717, 1.165) is 29.5 Å². The van der Waals surface area contributed by atoms with Gasteiger partial charge in [-0.15, -0.1) is 0 Å². The summed E-state index contributed by atoms with van der Waals surface area (Å²) in [7, 11) is 0. The smallest absolute Gasteiger partial charge is 0.332 e. The Morgan fingerprint density at radius 3 is 2.38 bits per heavy atom. The van der Waals surface area contributed by atoms with E-state index >= 15 is 0 Å². The van der Waals surface area contributed by atoms with Crippen LogP contribution in [0.25, 0.3) is 11.1 Å². The monoisotopic (exact) mass is 612 g/mol. The van der Waals surface area contributed by atoms with Crippen LogP contribution >= 0.6 is 0 Å². The number of nitrogens with one attached hydrogen (secondary N) is 1. The maximum absolute atomic E-state index is 14.9. The maximum Gasteiger partial charge on any atom is 0.332 e. The number of ether oxygens (including phenoxy) is 3. The molecule has 234 valence electrons. The molecule has 4 unspecified atom stereocenters. The van der Waals surface area contributed by atoms with Crippen molar-refractivity contribution in [1.82, 2.24) is 5.32 Å². The standard InChI is InChI=1S/C36H37FN2O6/c1-21(2)9-8-12-27-20-31(40)45-34-32(27)33(41)38-36(39-34)43-23(4)24-13-16-28(17-14-24)44-35(42)22(3)26-15-18-29(30(37)19-26)25-10-6-5-7-11-25/h5-7,10-11,13-23,32,34H,8-9,12H2,1-4H3,(H,38,39,41). The highest BCUT2D eigenvalue weighted by Crippen LogP contribution is 2.32. The summed E-state index contributed by atoms with van der Waals surface area (Å²) in [6.07, 6.45) is 2.37. The highest BCUT2D eigenvalue weighted by atomic mass is 19.1. The Kier molecular flexibility index (Phi) is 9.76. The normalized spacial score (nSPS) is 19.0. The number of hydrogen-bond donors (Lipinski definition) is 1. The summed E-state index contributed by atoms with van der Waals surface area (Å²) in [5.41, 5.74) is 3.18. The van der Waals surface area contributed by atoms with Crippen LogP contribution in [0.2, 0.25) is 0 Å². The summed E-state index contributed by atoms with van der Waals surface area (Å²) < 4.78 is 31.7. The molecule has 2 aliphatic rings. The molecule has 0 aromatic heterocycles. The van der Waals surface area contributed by atoms with Gasteiger partial charge in [0.25, 0.3) is 6.02 Å². The zero-order valence-corrected chi connectivity index (χ0v) is 25.8. The fraction of sp³-hybridized carbons (Fsp3) is 0.333. The number of benzene rings is 3. The number of rotatable bonds is 10. The minimum absolute atomic E-state index is 0.0279. The van der Waals surface area contributed by atoms with Gasteiger partial charge in [0.1, 0.15) is 23.6 Å². The molecule has 9 heteroatoms. The Hall–Kier alpha value is -4.79. The van der Waals surface area contributed by atoms with Crippen LogP contribution in [0, 0.1) is 17.7 Å². The summed E-state index contributed by atoms with van der Waals surface area (Å²) in [4.78, 5) is 42.5. The van der Waals surface area contributed by atoms with Crippen molar-refractivity contribution in [3.63, 3.8) is 0 Å². The van der Waals surface area contributed by atoms with Crippen molar-refractivity contribution in [2.75, 3.05) is 0 Å². The van der Waals surface area contributed by atoms with Gasteiger partial charge in [-0.25, -0.2) is 9.18 Å². The van der Waals surface area contributed by atoms with Gasteiger partial charge in [0.2, 0.25) is 12.1 Å². The summed E-state index contributed by atoms with van der Waals surface area (Å²) in [6.45, 7) is 7.71. The second-order valence-electron chi connectivity index (χ2n) is 11.8. The number of hydrogen-bond acceptors (Lipinski definition) is 7. The van der Waals surface area contributed by atoms with E-state index in [9.17, 15) is 18.8 Å². The number of nitrogens with zero attached hydrogens (tertiary/aromatic N) is 1. The number of halogens is 1. The number of amides is 1. The van der Waals surface area contributed by atoms with E-state index in [2.05, 4.69) is 24.2 Å². The third-order valence-corrected chi connectivity index (χ3v) is 8.02. The van der Waals surface area contributed by atoms with Crippen LogP contribution in [0.4, 0.5) is 4.39 Å². The van der Waals surface area contributed by atoms with Gasteiger partial charge in [0.05, 0.1) is 5.92 Å². The molecule has 1 N–H and O–H groups in total. The lowest BCUT2D eigenvalue weighted by atomic mass is 9.88. The summed E-state index contributed by atoms with van der Waals surface area (Å²) in [5, 5.41) is 2.70. The molecule has 0 bridgehead atoms. The molecule has 45 heavy (non-hydrogen) atoms. The summed E-state index contributed by atoms with van der Waals surface area (Å²) in [6, 6.07) is 20.7. The molecule has 1 amide bonds. The van der Waals surface area contributed by atoms with E-state index in [0.29, 0.717) is 29.2 Å². The van der Waals surface area contributed by atoms with Gasteiger partial charge in [0.15, 0.2) is 0 Å². The highest BCUT2D eigenvalue weighted by Gasteiger charge is 2.42. The third-order valence-electron chi connectivity index (χ3n) is 8.02. The van der Waals surface area contributed by atoms with Crippen LogP contribution in [-0.4, -0.2) is 30.1 Å². The van der Waals surface area contributed by atoms with Crippen molar-refractivity contribution >= 4 is 23.9 Å². The SMILES string of the molecule is CC(C)CCCC1=CC(=O)OC2N=C(OC(C)c3ccc(OC(=O)C(C)c4ccc(-c5ccccc5)c(F)c4)cc3)NC(=O)C12. The van der Waals surface area contributed by atoms with E-state index in [1.165, 1.54) is 12.1 Å². The first-order chi connectivity index (χ1) is 21.6. The highest BCUT2D eigenvalue weighted by molar-refractivity contribution is 6.01. The minimum atomic E-state index is -0.973. The fourth-order valence-electron chi connectivity index (χ4n) is 5.41. The van der Waals surface area contributed by atoms with E-state index < -0.39 is 41.9 Å². The van der Waals surface area contributed by atoms with Crippen LogP contribution in [0.15, 0.2) is 89.4 Å². The Balaban J connectivity index is 1.18. The Morgan fingerprint density at radius 2 is 1.69 bits per heavy atom. The van der Waals surface area contributed by atoms with Crippen molar-refractivity contribution in [3.05, 3.63) is 101 Å². The molecule has 0 spiro atoms. The first-order valence-corrected chi connectivity index (χ1v) is 15.2. The average Bonchev–Trinajstić information content (AvgIpc) is 3.00. The molecule has 5 rings (SSSR count). The lowest BCUT2D eigenvalue weighted by Gasteiger charge is -2.33. The molecule has 0 fully saturated rings. The molecular formula is C36H37FN2O6. The lowest BCUT2D eigenvalue weighted by molar-refractivity contribution is -0.150. The van der Waals surface area contributed by atoms with Gasteiger partial charge >= 0.3 is 11.9 Å². The van der Waals surface area contributed by atoms with Crippen molar-refractivity contribution in [2.24, 2.45) is 16.8 Å². The lowest BCUT2D eigenvalue weighted by Crippen LogP contribution is -2.50. The number of esters is 2. The molecule has 0 radical (unpaired) electrons. The van der Waals surface area contributed by atoms with Crippen LogP contribution in [0.1, 0.15) is 70.1 Å². The second kappa shape index (κ2) is 13.9. The largest absolute Gasteiger partial charge is 0.457 e. The number of aliphatic imine (C=N–C) groups is 1. The van der Waals surface area contributed by atoms with Gasteiger partial charge in [-0.1, -0.05) is 74.9 Å². The van der Waals surface area contributed by atoms with E-state index in [1.54, 1.807) is 50.2 Å². The van der Waals surface area contributed by atoms with Crippen LogP contribution in [-0.2, 0) is 23.9 Å². The van der Waals surface area contributed by atoms with Crippen molar-refractivity contribution < 1.29 is 33.0 Å². The molecule has 0 aliphatic carbocycles. The molecule has 3 aromatic rings. The molecule has 3 aromatic carbocycles. The van der Waals surface area contributed by atoms with Crippen molar-refractivity contribution in [1.29, 1.82) is 0 Å². The number of fused-ring (bicyclic) bond motifs is 1. The Labute approximate surface area is 262 Å². The molecule has 8 nitrogen and oxygen atoms in total. The molecular weight excluding hydrogens is 575 g/mol. The Bertz CT molecular complexity index is 1620. The molecule has 0 saturated carbocycles. The fourth-order valence-corrected chi connectivity index (χ4v) is 5.41. The van der Waals surface area contributed by atoms with Gasteiger partial charge < -0.3 is 14.2 Å². The predicted molar refractivity (Wildman–Crippen MR) is 168 cm³/mol. The van der Waals surface area contributed by atoms with Crippen LogP contribution in [0.5, 0.6) is 5.75 Å². The van der Waals surface area contributed by atoms with E-state index in [4.69, 9.17) is 14.2 Å². The van der Waals surface area contributed by atoms with Gasteiger partial charge in [0, 0.05) is 11.6 Å². The van der Waals surface area contributed by atoms with Crippen molar-refractivity contribution in [3.8, 4) is 16.9 Å². The number of amidine groups is 1. The first kappa shape index (κ1) is 31.6. The number of carbonyl (C=O) groups is 3. The van der Waals surface area contributed by atoms with Crippen molar-refractivity contribution in [2.45, 2.75) is 65.2 Å².